The van der Waals surface area contributed by atoms with Crippen molar-refractivity contribution in [3.05, 3.63) is 86.3 Å². The van der Waals surface area contributed by atoms with Crippen molar-refractivity contribution in [2.75, 3.05) is 7.11 Å². The molecule has 0 atom stereocenters. The molecule has 0 aliphatic carbocycles. The van der Waals surface area contributed by atoms with Gasteiger partial charge in [-0.2, -0.15) is 0 Å². The number of imidazole rings is 1. The van der Waals surface area contributed by atoms with Gasteiger partial charge in [0.1, 0.15) is 6.61 Å². The van der Waals surface area contributed by atoms with Gasteiger partial charge in [-0.15, -0.1) is 0 Å². The van der Waals surface area contributed by atoms with Crippen LogP contribution >= 0.6 is 23.2 Å². The normalized spacial score (nSPS) is 11.3. The summed E-state index contributed by atoms with van der Waals surface area (Å²) < 4.78 is 11.3. The minimum absolute atomic E-state index is 0.244. The first kappa shape index (κ1) is 20.1. The molecule has 0 radical (unpaired) electrons. The first-order valence-electron chi connectivity index (χ1n) is 9.03. The number of nitrogens with zero attached hydrogens (tertiary/aromatic N) is 1. The third kappa shape index (κ3) is 4.50. The van der Waals surface area contributed by atoms with Gasteiger partial charge in [0, 0.05) is 21.8 Å². The summed E-state index contributed by atoms with van der Waals surface area (Å²) in [5.74, 6) is 1.17. The fraction of sp³-hybridized carbons (Fsp3) is 0.0909. The molecule has 4 aromatic rings. The van der Waals surface area contributed by atoms with Gasteiger partial charge in [0.2, 0.25) is 0 Å². The monoisotopic (exact) mass is 441 g/mol. The highest BCUT2D eigenvalue weighted by Gasteiger charge is 2.08. The molecule has 0 aliphatic rings. The number of halogens is 2. The lowest BCUT2D eigenvalue weighted by Crippen LogP contribution is -1.99. The molecule has 30 heavy (non-hydrogen) atoms. The van der Waals surface area contributed by atoms with E-state index >= 15 is 0 Å². The van der Waals surface area contributed by atoms with Crippen molar-refractivity contribution in [3.8, 4) is 11.5 Å². The van der Waals surface area contributed by atoms with E-state index in [9.17, 15) is 4.79 Å². The molecule has 0 spiro atoms. The molecule has 152 valence electrons. The van der Waals surface area contributed by atoms with E-state index in [0.29, 0.717) is 27.1 Å². The first-order chi connectivity index (χ1) is 14.5. The fourth-order valence-corrected chi connectivity index (χ4v) is 3.39. The van der Waals surface area contributed by atoms with Gasteiger partial charge in [0.05, 0.1) is 23.8 Å². The number of aromatic nitrogens is 2. The van der Waals surface area contributed by atoms with Crippen LogP contribution in [0, 0.1) is 0 Å². The van der Waals surface area contributed by atoms with Crippen molar-refractivity contribution >= 4 is 46.1 Å². The Morgan fingerprint density at radius 2 is 1.80 bits per heavy atom. The Labute approximate surface area is 182 Å². The standard InChI is InChI=1S/C22H17Cl2N3O3/c1-29-21-8-13(11-25-16-5-6-18-19(10-16)27-22(28)26-18)2-7-20(21)30-12-14-3-4-15(23)9-17(14)24/h2-11H,12H2,1H3,(H2,26,27,28). The quantitative estimate of drug-likeness (QED) is 0.387. The molecule has 3 aromatic carbocycles. The third-order valence-corrected chi connectivity index (χ3v) is 5.04. The molecular formula is C22H17Cl2N3O3. The van der Waals surface area contributed by atoms with Gasteiger partial charge in [-0.3, -0.25) is 4.99 Å². The Balaban J connectivity index is 1.50. The van der Waals surface area contributed by atoms with Gasteiger partial charge in [-0.05, 0) is 54.1 Å². The summed E-state index contributed by atoms with van der Waals surface area (Å²) in [6, 6.07) is 16.2. The predicted molar refractivity (Wildman–Crippen MR) is 120 cm³/mol. The predicted octanol–water partition coefficient (Wildman–Crippen LogP) is 5.50. The Morgan fingerprint density at radius 1 is 0.967 bits per heavy atom. The Bertz CT molecular complexity index is 1290. The lowest BCUT2D eigenvalue weighted by molar-refractivity contribution is 0.284. The lowest BCUT2D eigenvalue weighted by Gasteiger charge is -2.12. The third-order valence-electron chi connectivity index (χ3n) is 4.45. The molecule has 0 bridgehead atoms. The molecule has 0 aliphatic heterocycles. The van der Waals surface area contributed by atoms with E-state index in [-0.39, 0.29) is 12.3 Å². The van der Waals surface area contributed by atoms with E-state index in [4.69, 9.17) is 32.7 Å². The number of benzene rings is 3. The second-order valence-electron chi connectivity index (χ2n) is 6.50. The molecule has 6 nitrogen and oxygen atoms in total. The van der Waals surface area contributed by atoms with Crippen LogP contribution in [0.25, 0.3) is 11.0 Å². The molecule has 1 heterocycles. The highest BCUT2D eigenvalue weighted by Crippen LogP contribution is 2.30. The van der Waals surface area contributed by atoms with Crippen molar-refractivity contribution < 1.29 is 9.47 Å². The molecule has 8 heteroatoms. The van der Waals surface area contributed by atoms with Crippen molar-refractivity contribution in [1.82, 2.24) is 9.97 Å². The summed E-state index contributed by atoms with van der Waals surface area (Å²) in [7, 11) is 1.58. The smallest absolute Gasteiger partial charge is 0.323 e. The Kier molecular flexibility index (Phi) is 5.79. The maximum Gasteiger partial charge on any atom is 0.323 e. The largest absolute Gasteiger partial charge is 0.493 e. The van der Waals surface area contributed by atoms with Crippen molar-refractivity contribution in [1.29, 1.82) is 0 Å². The van der Waals surface area contributed by atoms with Crippen LogP contribution in [0.15, 0.2) is 64.4 Å². The number of methoxy groups -OCH3 is 1. The van der Waals surface area contributed by atoms with Crippen LogP contribution in [0.4, 0.5) is 5.69 Å². The van der Waals surface area contributed by atoms with Gasteiger partial charge < -0.3 is 19.4 Å². The molecular weight excluding hydrogens is 425 g/mol. The lowest BCUT2D eigenvalue weighted by atomic mass is 10.2. The summed E-state index contributed by atoms with van der Waals surface area (Å²) in [6.07, 6.45) is 1.72. The summed E-state index contributed by atoms with van der Waals surface area (Å²) >= 11 is 12.1. The maximum absolute atomic E-state index is 11.4. The van der Waals surface area contributed by atoms with E-state index in [1.165, 1.54) is 0 Å². The maximum atomic E-state index is 11.4. The van der Waals surface area contributed by atoms with Gasteiger partial charge in [-0.25, -0.2) is 4.79 Å². The van der Waals surface area contributed by atoms with E-state index in [1.807, 2.05) is 30.3 Å². The summed E-state index contributed by atoms with van der Waals surface area (Å²) in [4.78, 5) is 21.3. The van der Waals surface area contributed by atoms with Crippen molar-refractivity contribution in [3.63, 3.8) is 0 Å². The minimum atomic E-state index is -0.244. The van der Waals surface area contributed by atoms with E-state index in [1.54, 1.807) is 37.6 Å². The molecule has 0 unspecified atom stereocenters. The Morgan fingerprint density at radius 3 is 2.60 bits per heavy atom. The van der Waals surface area contributed by atoms with Crippen LogP contribution in [0.1, 0.15) is 11.1 Å². The fourth-order valence-electron chi connectivity index (χ4n) is 2.93. The zero-order chi connectivity index (χ0) is 21.1. The zero-order valence-electron chi connectivity index (χ0n) is 15.9. The number of aromatic amines is 2. The van der Waals surface area contributed by atoms with Crippen molar-refractivity contribution in [2.24, 2.45) is 4.99 Å². The topological polar surface area (TPSA) is 79.5 Å². The van der Waals surface area contributed by atoms with E-state index in [0.717, 1.165) is 22.3 Å². The van der Waals surface area contributed by atoms with Crippen LogP contribution in [-0.2, 0) is 6.61 Å². The van der Waals surface area contributed by atoms with Crippen LogP contribution in [-0.4, -0.2) is 23.3 Å². The number of fused-ring (bicyclic) bond motifs is 1. The number of hydrogen-bond acceptors (Lipinski definition) is 4. The number of H-pyrrole nitrogens is 2. The zero-order valence-corrected chi connectivity index (χ0v) is 17.4. The van der Waals surface area contributed by atoms with Gasteiger partial charge in [0.25, 0.3) is 0 Å². The molecule has 2 N–H and O–H groups in total. The minimum Gasteiger partial charge on any atom is -0.493 e. The number of nitrogens with one attached hydrogen (secondary N) is 2. The Hall–Kier alpha value is -3.22. The highest BCUT2D eigenvalue weighted by atomic mass is 35.5. The van der Waals surface area contributed by atoms with Crippen molar-refractivity contribution in [2.45, 2.75) is 6.61 Å². The van der Waals surface area contributed by atoms with Gasteiger partial charge >= 0.3 is 5.69 Å². The molecule has 0 amide bonds. The second kappa shape index (κ2) is 8.65. The van der Waals surface area contributed by atoms with Crippen LogP contribution in [0.2, 0.25) is 10.0 Å². The summed E-state index contributed by atoms with van der Waals surface area (Å²) in [6.45, 7) is 0.286. The molecule has 0 fully saturated rings. The SMILES string of the molecule is COc1cc(C=Nc2ccc3[nH]c(=O)[nH]c3c2)ccc1OCc1ccc(Cl)cc1Cl. The number of ether oxygens (including phenoxy) is 2. The second-order valence-corrected chi connectivity index (χ2v) is 7.35. The molecule has 0 saturated heterocycles. The van der Waals surface area contributed by atoms with Gasteiger partial charge in [-0.1, -0.05) is 29.3 Å². The molecule has 0 saturated carbocycles. The highest BCUT2D eigenvalue weighted by molar-refractivity contribution is 6.35. The van der Waals surface area contributed by atoms with Gasteiger partial charge in [0.15, 0.2) is 11.5 Å². The number of rotatable bonds is 6. The number of hydrogen-bond donors (Lipinski definition) is 2. The summed E-state index contributed by atoms with van der Waals surface area (Å²) in [5.41, 5.74) is 3.58. The van der Waals surface area contributed by atoms with Crippen LogP contribution in [0.5, 0.6) is 11.5 Å². The average Bonchev–Trinajstić information content (AvgIpc) is 3.11. The summed E-state index contributed by atoms with van der Waals surface area (Å²) in [5, 5.41) is 1.12. The average molecular weight is 442 g/mol. The van der Waals surface area contributed by atoms with Crippen LogP contribution in [0.3, 0.4) is 0 Å². The van der Waals surface area contributed by atoms with E-state index < -0.39 is 0 Å². The molecule has 4 rings (SSSR count). The van der Waals surface area contributed by atoms with Crippen LogP contribution < -0.4 is 15.2 Å². The number of aliphatic imine (C=N–C) groups is 1. The molecule has 1 aromatic heterocycles. The van der Waals surface area contributed by atoms with E-state index in [2.05, 4.69) is 15.0 Å². The first-order valence-corrected chi connectivity index (χ1v) is 9.78.